The Morgan fingerprint density at radius 1 is 0.250 bits per heavy atom. The van der Waals surface area contributed by atoms with E-state index in [2.05, 4.69) is 181 Å². The predicted octanol–water partition coefficient (Wildman–Crippen LogP) is 26.3. The molecule has 0 aliphatic rings. The van der Waals surface area contributed by atoms with Crippen LogP contribution in [0.25, 0.3) is 72.7 Å². The van der Waals surface area contributed by atoms with Crippen molar-refractivity contribution in [3.05, 3.63) is 271 Å². The fraction of sp³-hybridized carbons (Fsp3) is 0.100. The van der Waals surface area contributed by atoms with E-state index in [0.29, 0.717) is 0 Å². The molecule has 450 valence electrons. The average molecular weight is 1280 g/mol. The van der Waals surface area contributed by atoms with Gasteiger partial charge in [0.2, 0.25) is 0 Å². The highest BCUT2D eigenvalue weighted by Crippen LogP contribution is 2.58. The third-order valence-electron chi connectivity index (χ3n) is 18.6. The zero-order chi connectivity index (χ0) is 63.1. The van der Waals surface area contributed by atoms with Crippen LogP contribution in [0, 0.1) is 78.7 Å². The molecule has 0 bridgehead atoms. The molecule has 4 aromatic heterocycles. The van der Waals surface area contributed by atoms with Gasteiger partial charge in [-0.3, -0.25) is 0 Å². The Morgan fingerprint density at radius 3 is 0.663 bits per heavy atom. The minimum absolute atomic E-state index is 0.354. The molecule has 0 radical (unpaired) electrons. The third-order valence-corrected chi connectivity index (χ3v) is 22.8. The van der Waals surface area contributed by atoms with Crippen molar-refractivity contribution in [3.63, 3.8) is 0 Å². The summed E-state index contributed by atoms with van der Waals surface area (Å²) in [6, 6.07) is 58.4. The van der Waals surface area contributed by atoms with Gasteiger partial charge in [-0.2, -0.15) is 0 Å². The lowest BCUT2D eigenvalue weighted by Gasteiger charge is -2.36. The summed E-state index contributed by atoms with van der Waals surface area (Å²) in [5.41, 5.74) is 18.6. The van der Waals surface area contributed by atoms with E-state index >= 15 is 17.6 Å². The van der Waals surface area contributed by atoms with Gasteiger partial charge in [0, 0.05) is 73.9 Å². The van der Waals surface area contributed by atoms with Crippen molar-refractivity contribution in [1.29, 1.82) is 0 Å². The normalized spacial score (nSPS) is 11.9. The van der Waals surface area contributed by atoms with E-state index in [9.17, 15) is 0 Å². The summed E-state index contributed by atoms with van der Waals surface area (Å²) in [7, 11) is 0. The summed E-state index contributed by atoms with van der Waals surface area (Å²) < 4.78 is 67.0. The molecule has 92 heavy (non-hydrogen) atoms. The van der Waals surface area contributed by atoms with Gasteiger partial charge < -0.3 is 19.6 Å². The van der Waals surface area contributed by atoms with Crippen molar-refractivity contribution in [2.75, 3.05) is 19.6 Å². The Labute approximate surface area is 546 Å². The number of nitrogens with zero attached hydrogens (tertiary/aromatic N) is 4. The molecule has 16 rings (SSSR count). The molecule has 0 spiro atoms. The zero-order valence-corrected chi connectivity index (χ0v) is 54.8. The first kappa shape index (κ1) is 57.6. The van der Waals surface area contributed by atoms with Gasteiger partial charge >= 0.3 is 0 Å². The van der Waals surface area contributed by atoms with Gasteiger partial charge in [0.25, 0.3) is 0 Å². The molecule has 0 saturated carbocycles. The van der Waals surface area contributed by atoms with E-state index in [1.165, 1.54) is 48.5 Å². The second-order valence-electron chi connectivity index (χ2n) is 24.2. The van der Waals surface area contributed by atoms with Gasteiger partial charge in [0.1, 0.15) is 23.3 Å². The number of anilines is 12. The molecule has 0 atom stereocenters. The highest BCUT2D eigenvalue weighted by molar-refractivity contribution is 7.18. The van der Waals surface area contributed by atoms with Crippen LogP contribution in [0.4, 0.5) is 85.8 Å². The van der Waals surface area contributed by atoms with Crippen LogP contribution in [0.1, 0.15) is 44.5 Å². The molecule has 0 aliphatic heterocycles. The number of halogens is 4. The van der Waals surface area contributed by atoms with E-state index in [-0.39, 0.29) is 23.3 Å². The first-order chi connectivity index (χ1) is 44.6. The van der Waals surface area contributed by atoms with Crippen molar-refractivity contribution in [3.8, 4) is 0 Å². The monoisotopic (exact) mass is 1280 g/mol. The van der Waals surface area contributed by atoms with E-state index in [1.54, 1.807) is 45.3 Å². The van der Waals surface area contributed by atoms with Crippen LogP contribution in [0.15, 0.2) is 204 Å². The minimum Gasteiger partial charge on any atom is -0.309 e. The second-order valence-corrected chi connectivity index (χ2v) is 27.8. The Morgan fingerprint density at radius 2 is 0.457 bits per heavy atom. The van der Waals surface area contributed by atoms with Crippen LogP contribution < -0.4 is 19.6 Å². The molecule has 16 aromatic rings. The molecular weight excluding hydrogens is 1220 g/mol. The van der Waals surface area contributed by atoms with Crippen LogP contribution in [-0.4, -0.2) is 0 Å². The van der Waals surface area contributed by atoms with Crippen molar-refractivity contribution in [2.45, 2.75) is 55.4 Å². The fourth-order valence-electron chi connectivity index (χ4n) is 14.7. The summed E-state index contributed by atoms with van der Waals surface area (Å²) >= 11 is 6.80. The van der Waals surface area contributed by atoms with Crippen molar-refractivity contribution < 1.29 is 17.6 Å². The molecular formula is C80H58F4N4S4. The third kappa shape index (κ3) is 9.08. The molecule has 4 nitrogen and oxygen atoms in total. The lowest BCUT2D eigenvalue weighted by atomic mass is 9.88. The lowest BCUT2D eigenvalue weighted by Crippen LogP contribution is -2.18. The van der Waals surface area contributed by atoms with Crippen molar-refractivity contribution in [2.24, 2.45) is 0 Å². The van der Waals surface area contributed by atoms with Gasteiger partial charge in [-0.15, -0.1) is 45.3 Å². The first-order valence-corrected chi connectivity index (χ1v) is 34.0. The average Bonchev–Trinajstić information content (AvgIpc) is 0.938. The van der Waals surface area contributed by atoms with Gasteiger partial charge in [-0.1, -0.05) is 24.3 Å². The lowest BCUT2D eigenvalue weighted by molar-refractivity contribution is 0.627. The van der Waals surface area contributed by atoms with Crippen LogP contribution >= 0.6 is 45.3 Å². The smallest absolute Gasteiger partial charge is 0.123 e. The van der Waals surface area contributed by atoms with Crippen LogP contribution in [-0.2, 0) is 0 Å². The van der Waals surface area contributed by atoms with Gasteiger partial charge in [-0.25, -0.2) is 17.6 Å². The summed E-state index contributed by atoms with van der Waals surface area (Å²) in [5.74, 6) is -1.41. The van der Waals surface area contributed by atoms with E-state index in [0.717, 1.165) is 185 Å². The maximum Gasteiger partial charge on any atom is 0.123 e. The number of benzene rings is 12. The number of aryl methyl sites for hydroxylation is 8. The predicted molar refractivity (Wildman–Crippen MR) is 388 cm³/mol. The summed E-state index contributed by atoms with van der Waals surface area (Å²) in [4.78, 5) is 9.25. The molecule has 12 aromatic carbocycles. The molecule has 0 N–H and O–H groups in total. The second kappa shape index (κ2) is 22.1. The number of hydrogen-bond donors (Lipinski definition) is 0. The first-order valence-electron chi connectivity index (χ1n) is 30.5. The van der Waals surface area contributed by atoms with Gasteiger partial charge in [0.15, 0.2) is 0 Å². The van der Waals surface area contributed by atoms with Crippen LogP contribution in [0.3, 0.4) is 0 Å². The fourth-order valence-corrected chi connectivity index (χ4v) is 18.3. The summed E-state index contributed by atoms with van der Waals surface area (Å²) in [6.07, 6.45) is 0. The molecule has 0 amide bonds. The Hall–Kier alpha value is -9.56. The molecule has 0 unspecified atom stereocenters. The molecule has 0 saturated heterocycles. The summed E-state index contributed by atoms with van der Waals surface area (Å²) in [6.45, 7) is 17.4. The molecule has 0 fully saturated rings. The number of fused-ring (bicyclic) bond motifs is 4. The number of hydrogen-bond acceptors (Lipinski definition) is 8. The van der Waals surface area contributed by atoms with Gasteiger partial charge in [-0.05, 0) is 301 Å². The number of thiophene rings is 4. The van der Waals surface area contributed by atoms with E-state index in [4.69, 9.17) is 0 Å². The highest BCUT2D eigenvalue weighted by Gasteiger charge is 2.33. The highest BCUT2D eigenvalue weighted by atomic mass is 32.1. The van der Waals surface area contributed by atoms with E-state index < -0.39 is 0 Å². The number of rotatable bonds is 12. The summed E-state index contributed by atoms with van der Waals surface area (Å²) in [5, 5.41) is 18.7. The Kier molecular flexibility index (Phi) is 13.8. The largest absolute Gasteiger partial charge is 0.309 e. The maximum atomic E-state index is 15.6. The van der Waals surface area contributed by atoms with Crippen molar-refractivity contribution in [1.82, 2.24) is 0 Å². The molecule has 4 heterocycles. The van der Waals surface area contributed by atoms with Gasteiger partial charge in [0.05, 0.1) is 45.5 Å². The Bertz CT molecular complexity index is 4940. The zero-order valence-electron chi connectivity index (χ0n) is 51.6. The standard InChI is InChI=1S/C80H58F4N4S4/c1-43-37-51-29-33-89-77(51)47(5)73(43)85(59-17-9-55(81)10-18-59)67-41-68(86(60-19-11-56(82)12-20-60)74-44(2)38-52-30-34-90-78(52)48(74)6)64-27-28-66-70(88(62-23-15-58(84)16-24-62)76-46(4)40-54-32-36-92-80(54)50(76)8)42-69(65-26-25-63(67)71(64)72(65)66)87(61-21-13-57(83)14-22-61)75-45(3)39-53-31-35-91-79(53)49(75)7/h9-42H,1-8H3. The SMILES string of the molecule is Cc1cc2ccsc2c(C)c1N(c1ccc(F)cc1)c1cc(N(c2ccc(F)cc2)c2c(C)cc3ccsc3c2C)c2ccc3c(N(c4ccc(F)cc4)c4c(C)cc5ccsc5c4C)cc(N(c4ccc(F)cc4)c4c(C)cc5ccsc5c4C)c4ccc1c2c43. The molecule has 12 heteroatoms. The van der Waals surface area contributed by atoms with Crippen LogP contribution in [0.5, 0.6) is 0 Å². The van der Waals surface area contributed by atoms with E-state index in [1.807, 2.05) is 48.5 Å². The topological polar surface area (TPSA) is 13.0 Å². The quantitative estimate of drug-likeness (QED) is 0.0893. The minimum atomic E-state index is -0.354. The maximum absolute atomic E-state index is 15.6. The molecule has 0 aliphatic carbocycles. The Balaban J connectivity index is 1.14. The van der Waals surface area contributed by atoms with Crippen LogP contribution in [0.2, 0.25) is 0 Å². The van der Waals surface area contributed by atoms with Crippen molar-refractivity contribution >= 4 is 186 Å².